The molecule has 0 aromatic heterocycles. The lowest BCUT2D eigenvalue weighted by atomic mass is 10.2. The molecule has 0 aliphatic rings. The Hall–Kier alpha value is -1.11. The third kappa shape index (κ3) is 5.59. The molecule has 1 N–H and O–H groups in total. The number of esters is 1. The van der Waals surface area contributed by atoms with Crippen molar-refractivity contribution in [2.45, 2.75) is 39.3 Å². The van der Waals surface area contributed by atoms with E-state index in [0.717, 1.165) is 3.57 Å². The number of benzene rings is 1. The van der Waals surface area contributed by atoms with Crippen molar-refractivity contribution in [1.29, 1.82) is 0 Å². The minimum atomic E-state index is -0.676. The summed E-state index contributed by atoms with van der Waals surface area (Å²) in [6, 6.07) is 6.49. The predicted molar refractivity (Wildman–Crippen MR) is 81.9 cm³/mol. The number of rotatable bonds is 3. The zero-order valence-electron chi connectivity index (χ0n) is 11.5. The van der Waals surface area contributed by atoms with Gasteiger partial charge in [-0.05, 0) is 68.5 Å². The molecular formula is C14H18INO3. The van der Waals surface area contributed by atoms with Crippen LogP contribution in [0.2, 0.25) is 0 Å². The maximum Gasteiger partial charge on any atom is 0.328 e. The second kappa shape index (κ2) is 6.36. The van der Waals surface area contributed by atoms with Gasteiger partial charge in [0.2, 0.25) is 0 Å². The van der Waals surface area contributed by atoms with E-state index in [4.69, 9.17) is 4.74 Å². The molecule has 0 heterocycles. The van der Waals surface area contributed by atoms with E-state index < -0.39 is 17.6 Å². The summed E-state index contributed by atoms with van der Waals surface area (Å²) in [5.41, 5.74) is -0.0274. The Morgan fingerprint density at radius 1 is 1.32 bits per heavy atom. The molecule has 1 atom stereocenters. The first-order chi connectivity index (χ1) is 8.69. The summed E-state index contributed by atoms with van der Waals surface area (Å²) in [6.07, 6.45) is 0. The highest BCUT2D eigenvalue weighted by Crippen LogP contribution is 2.10. The Balaban J connectivity index is 2.64. The van der Waals surface area contributed by atoms with Crippen LogP contribution in [-0.4, -0.2) is 23.5 Å². The third-order valence-electron chi connectivity index (χ3n) is 2.19. The molecule has 0 fully saturated rings. The standard InChI is InChI=1S/C14H18INO3/c1-9(13(18)19-14(2,3)4)16-12(17)10-6-5-7-11(15)8-10/h5-9H,1-4H3,(H,16,17)/t9-/m0/s1. The molecule has 0 aliphatic heterocycles. The molecule has 0 unspecified atom stereocenters. The highest BCUT2D eigenvalue weighted by Gasteiger charge is 2.23. The maximum absolute atomic E-state index is 12.0. The van der Waals surface area contributed by atoms with Crippen LogP contribution in [0.3, 0.4) is 0 Å². The average molecular weight is 375 g/mol. The molecule has 1 rings (SSSR count). The fourth-order valence-corrected chi connectivity index (χ4v) is 1.90. The number of hydrogen-bond acceptors (Lipinski definition) is 3. The Kier molecular flexibility index (Phi) is 5.34. The van der Waals surface area contributed by atoms with E-state index in [2.05, 4.69) is 27.9 Å². The zero-order chi connectivity index (χ0) is 14.6. The molecule has 0 spiro atoms. The van der Waals surface area contributed by atoms with Crippen LogP contribution in [0.5, 0.6) is 0 Å². The summed E-state index contributed by atoms with van der Waals surface area (Å²) in [5, 5.41) is 2.63. The van der Waals surface area contributed by atoms with Crippen LogP contribution in [0.15, 0.2) is 24.3 Å². The number of amides is 1. The lowest BCUT2D eigenvalue weighted by Gasteiger charge is -2.22. The Bertz CT molecular complexity index is 480. The van der Waals surface area contributed by atoms with Crippen LogP contribution in [0.1, 0.15) is 38.1 Å². The summed E-state index contributed by atoms with van der Waals surface area (Å²) >= 11 is 2.13. The summed E-state index contributed by atoms with van der Waals surface area (Å²) in [7, 11) is 0. The molecule has 1 aromatic carbocycles. The number of halogens is 1. The van der Waals surface area contributed by atoms with E-state index in [1.807, 2.05) is 6.07 Å². The molecule has 5 heteroatoms. The van der Waals surface area contributed by atoms with E-state index in [1.165, 1.54) is 0 Å². The zero-order valence-corrected chi connectivity index (χ0v) is 13.6. The van der Waals surface area contributed by atoms with Crippen LogP contribution in [-0.2, 0) is 9.53 Å². The normalized spacial score (nSPS) is 12.7. The van der Waals surface area contributed by atoms with Crippen molar-refractivity contribution in [3.05, 3.63) is 33.4 Å². The van der Waals surface area contributed by atoms with Gasteiger partial charge < -0.3 is 10.1 Å². The molecule has 0 radical (unpaired) electrons. The number of carbonyl (C=O) groups is 2. The molecule has 4 nitrogen and oxygen atoms in total. The van der Waals surface area contributed by atoms with Crippen LogP contribution in [0, 0.1) is 3.57 Å². The average Bonchev–Trinajstić information content (AvgIpc) is 2.26. The predicted octanol–water partition coefficient (Wildman–Crippen LogP) is 2.75. The quantitative estimate of drug-likeness (QED) is 0.653. The number of ether oxygens (including phenoxy) is 1. The SMILES string of the molecule is C[C@H](NC(=O)c1cccc(I)c1)C(=O)OC(C)(C)C. The fourth-order valence-electron chi connectivity index (χ4n) is 1.36. The van der Waals surface area contributed by atoms with Crippen molar-refractivity contribution in [1.82, 2.24) is 5.32 Å². The van der Waals surface area contributed by atoms with E-state index in [1.54, 1.807) is 45.9 Å². The molecule has 104 valence electrons. The molecule has 0 saturated heterocycles. The number of carbonyl (C=O) groups excluding carboxylic acids is 2. The van der Waals surface area contributed by atoms with Gasteiger partial charge in [0.05, 0.1) is 0 Å². The van der Waals surface area contributed by atoms with Gasteiger partial charge in [-0.15, -0.1) is 0 Å². The molecule has 1 amide bonds. The summed E-state index contributed by atoms with van der Waals surface area (Å²) in [6.45, 7) is 6.98. The molecular weight excluding hydrogens is 357 g/mol. The first kappa shape index (κ1) is 15.9. The molecule has 0 bridgehead atoms. The smallest absolute Gasteiger partial charge is 0.328 e. The van der Waals surface area contributed by atoms with Crippen molar-refractivity contribution in [2.24, 2.45) is 0 Å². The Morgan fingerprint density at radius 3 is 2.47 bits per heavy atom. The van der Waals surface area contributed by atoms with Gasteiger partial charge in [-0.1, -0.05) is 6.07 Å². The first-order valence-corrected chi connectivity index (χ1v) is 7.06. The van der Waals surface area contributed by atoms with Crippen LogP contribution >= 0.6 is 22.6 Å². The third-order valence-corrected chi connectivity index (χ3v) is 2.87. The number of hydrogen-bond donors (Lipinski definition) is 1. The van der Waals surface area contributed by atoms with E-state index in [9.17, 15) is 9.59 Å². The van der Waals surface area contributed by atoms with Crippen molar-refractivity contribution in [2.75, 3.05) is 0 Å². The topological polar surface area (TPSA) is 55.4 Å². The van der Waals surface area contributed by atoms with Crippen LogP contribution in [0.4, 0.5) is 0 Å². The van der Waals surface area contributed by atoms with Gasteiger partial charge in [-0.25, -0.2) is 4.79 Å². The first-order valence-electron chi connectivity index (χ1n) is 5.98. The van der Waals surface area contributed by atoms with Gasteiger partial charge in [0, 0.05) is 9.13 Å². The lowest BCUT2D eigenvalue weighted by Crippen LogP contribution is -2.42. The summed E-state index contributed by atoms with van der Waals surface area (Å²) in [4.78, 5) is 23.7. The molecule has 0 saturated carbocycles. The van der Waals surface area contributed by atoms with Crippen LogP contribution in [0.25, 0.3) is 0 Å². The minimum Gasteiger partial charge on any atom is -0.458 e. The van der Waals surface area contributed by atoms with Crippen molar-refractivity contribution >= 4 is 34.5 Å². The monoisotopic (exact) mass is 375 g/mol. The summed E-state index contributed by atoms with van der Waals surface area (Å²) < 4.78 is 6.17. The Labute approximate surface area is 127 Å². The van der Waals surface area contributed by atoms with E-state index in [0.29, 0.717) is 5.56 Å². The van der Waals surface area contributed by atoms with Gasteiger partial charge in [-0.2, -0.15) is 0 Å². The van der Waals surface area contributed by atoms with Crippen molar-refractivity contribution < 1.29 is 14.3 Å². The second-order valence-corrected chi connectivity index (χ2v) is 6.48. The minimum absolute atomic E-state index is 0.281. The van der Waals surface area contributed by atoms with Crippen LogP contribution < -0.4 is 5.32 Å². The number of nitrogens with one attached hydrogen (secondary N) is 1. The van der Waals surface area contributed by atoms with E-state index in [-0.39, 0.29) is 5.91 Å². The highest BCUT2D eigenvalue weighted by molar-refractivity contribution is 14.1. The summed E-state index contributed by atoms with van der Waals surface area (Å²) in [5.74, 6) is -0.719. The van der Waals surface area contributed by atoms with Gasteiger partial charge in [0.1, 0.15) is 11.6 Å². The maximum atomic E-state index is 12.0. The Morgan fingerprint density at radius 2 is 1.95 bits per heavy atom. The van der Waals surface area contributed by atoms with Gasteiger partial charge in [0.15, 0.2) is 0 Å². The van der Waals surface area contributed by atoms with E-state index >= 15 is 0 Å². The van der Waals surface area contributed by atoms with Gasteiger partial charge in [0.25, 0.3) is 5.91 Å². The molecule has 19 heavy (non-hydrogen) atoms. The van der Waals surface area contributed by atoms with Gasteiger partial charge >= 0.3 is 5.97 Å². The molecule has 0 aliphatic carbocycles. The van der Waals surface area contributed by atoms with Crippen molar-refractivity contribution in [3.63, 3.8) is 0 Å². The fraction of sp³-hybridized carbons (Fsp3) is 0.429. The van der Waals surface area contributed by atoms with Gasteiger partial charge in [-0.3, -0.25) is 4.79 Å². The second-order valence-electron chi connectivity index (χ2n) is 5.24. The lowest BCUT2D eigenvalue weighted by molar-refractivity contribution is -0.156. The molecule has 1 aromatic rings. The largest absolute Gasteiger partial charge is 0.458 e. The van der Waals surface area contributed by atoms with Crippen molar-refractivity contribution in [3.8, 4) is 0 Å². The highest BCUT2D eigenvalue weighted by atomic mass is 127.